The van der Waals surface area contributed by atoms with Crippen LogP contribution in [-0.4, -0.2) is 0 Å². The summed E-state index contributed by atoms with van der Waals surface area (Å²) in [4.78, 5) is 0. The van der Waals surface area contributed by atoms with Gasteiger partial charge in [0, 0.05) is 6.07 Å². The Morgan fingerprint density at radius 2 is 0.895 bits per heavy atom. The highest BCUT2D eigenvalue weighted by molar-refractivity contribution is 5.56. The molecule has 0 heterocycles. The van der Waals surface area contributed by atoms with Gasteiger partial charge in [-0.05, 0) is 24.3 Å². The first-order valence-corrected chi connectivity index (χ1v) is 9.50. The van der Waals surface area contributed by atoms with Crippen LogP contribution < -0.4 is 20.9 Å². The van der Waals surface area contributed by atoms with Crippen LogP contribution in [0.15, 0.2) is 30.3 Å². The molecule has 17 heteroatoms. The molecule has 4 nitrogen and oxygen atoms in total. The highest BCUT2D eigenvalue weighted by atomic mass is 19.4. The lowest BCUT2D eigenvalue weighted by Crippen LogP contribution is -2.15. The van der Waals surface area contributed by atoms with Crippen LogP contribution in [0.25, 0.3) is 0 Å². The van der Waals surface area contributed by atoms with Crippen molar-refractivity contribution in [3.8, 4) is 23.0 Å². The fourth-order valence-corrected chi connectivity index (χ4v) is 3.01. The van der Waals surface area contributed by atoms with E-state index in [1.165, 1.54) is 0 Å². The summed E-state index contributed by atoms with van der Waals surface area (Å²) >= 11 is 0. The Morgan fingerprint density at radius 1 is 0.500 bits per heavy atom. The number of hydrogen-bond acceptors (Lipinski definition) is 4. The maximum absolute atomic E-state index is 14.5. The number of alkyl halides is 9. The average Bonchev–Trinajstić information content (AvgIpc) is 2.75. The summed E-state index contributed by atoms with van der Waals surface area (Å²) in [6, 6.07) is 0.658. The fourth-order valence-electron chi connectivity index (χ4n) is 3.01. The monoisotopic (exact) mass is 568 g/mol. The first-order valence-electron chi connectivity index (χ1n) is 9.50. The van der Waals surface area contributed by atoms with Crippen LogP contribution in [0.5, 0.6) is 23.0 Å². The summed E-state index contributed by atoms with van der Waals surface area (Å²) in [5.41, 5.74) is 1.40. The molecule has 206 valence electrons. The molecule has 3 aromatic rings. The van der Waals surface area contributed by atoms with Gasteiger partial charge in [0.2, 0.25) is 5.82 Å². The molecule has 0 bridgehead atoms. The van der Waals surface area contributed by atoms with Crippen molar-refractivity contribution in [3.63, 3.8) is 0 Å². The van der Waals surface area contributed by atoms with Crippen molar-refractivity contribution < 1.29 is 66.5 Å². The minimum Gasteiger partial charge on any atom is -0.453 e. The lowest BCUT2D eigenvalue weighted by atomic mass is 10.1. The molecule has 0 atom stereocenters. The third-order valence-corrected chi connectivity index (χ3v) is 4.71. The molecule has 0 aromatic heterocycles. The molecule has 0 spiro atoms. The van der Waals surface area contributed by atoms with Crippen LogP contribution in [-0.2, 0) is 18.5 Å². The second kappa shape index (κ2) is 9.36. The molecule has 0 aliphatic rings. The van der Waals surface area contributed by atoms with Crippen molar-refractivity contribution >= 4 is 11.4 Å². The van der Waals surface area contributed by atoms with Gasteiger partial charge in [-0.25, -0.2) is 13.2 Å². The van der Waals surface area contributed by atoms with Gasteiger partial charge in [-0.1, -0.05) is 0 Å². The third-order valence-electron chi connectivity index (χ3n) is 4.71. The van der Waals surface area contributed by atoms with Crippen LogP contribution in [0.2, 0.25) is 0 Å². The summed E-state index contributed by atoms with van der Waals surface area (Å²) < 4.78 is 187. The molecule has 38 heavy (non-hydrogen) atoms. The third kappa shape index (κ3) is 5.31. The highest BCUT2D eigenvalue weighted by Crippen LogP contribution is 2.49. The van der Waals surface area contributed by atoms with Crippen LogP contribution in [0.3, 0.4) is 0 Å². The van der Waals surface area contributed by atoms with E-state index in [2.05, 4.69) is 9.47 Å². The lowest BCUT2D eigenvalue weighted by molar-refractivity contribution is -0.141. The van der Waals surface area contributed by atoms with Gasteiger partial charge in [0.1, 0.15) is 22.4 Å². The molecule has 0 unspecified atom stereocenters. The quantitative estimate of drug-likeness (QED) is 0.247. The Hall–Kier alpha value is -4.05. The fraction of sp³-hybridized carbons (Fsp3) is 0.143. The van der Waals surface area contributed by atoms with Crippen molar-refractivity contribution in [2.45, 2.75) is 18.5 Å². The number of hydrogen-bond donors (Lipinski definition) is 2. The Morgan fingerprint density at radius 3 is 1.26 bits per heavy atom. The van der Waals surface area contributed by atoms with Crippen molar-refractivity contribution in [1.29, 1.82) is 0 Å². The number of rotatable bonds is 4. The molecular weight excluding hydrogens is 559 g/mol. The summed E-state index contributed by atoms with van der Waals surface area (Å²) in [6.45, 7) is 0. The summed E-state index contributed by atoms with van der Waals surface area (Å²) in [6.07, 6.45) is -16.8. The minimum absolute atomic E-state index is 0.0933. The predicted molar refractivity (Wildman–Crippen MR) is 103 cm³/mol. The first-order chi connectivity index (χ1) is 17.2. The van der Waals surface area contributed by atoms with E-state index in [0.29, 0.717) is 12.1 Å². The van der Waals surface area contributed by atoms with Crippen LogP contribution >= 0.6 is 0 Å². The van der Waals surface area contributed by atoms with E-state index in [4.69, 9.17) is 11.5 Å². The van der Waals surface area contributed by atoms with E-state index in [1.807, 2.05) is 0 Å². The summed E-state index contributed by atoms with van der Waals surface area (Å²) in [5.74, 6) is -17.6. The van der Waals surface area contributed by atoms with Gasteiger partial charge in [0.15, 0.2) is 34.7 Å². The van der Waals surface area contributed by atoms with Crippen molar-refractivity contribution in [3.05, 3.63) is 70.3 Å². The number of nitrogens with two attached hydrogens (primary N) is 2. The number of nitrogen functional groups attached to an aromatic ring is 2. The number of halogens is 13. The molecular formula is C21H9F13N2O2. The Labute approximate surface area is 202 Å². The van der Waals surface area contributed by atoms with E-state index in [0.717, 1.165) is 0 Å². The van der Waals surface area contributed by atoms with Gasteiger partial charge in [-0.3, -0.25) is 0 Å². The largest absolute Gasteiger partial charge is 0.453 e. The second-order valence-corrected chi connectivity index (χ2v) is 7.26. The smallest absolute Gasteiger partial charge is 0.422 e. The van der Waals surface area contributed by atoms with E-state index in [1.54, 1.807) is 0 Å². The molecule has 0 fully saturated rings. The molecule has 0 saturated carbocycles. The predicted octanol–water partition coefficient (Wildman–Crippen LogP) is 8.05. The zero-order valence-electron chi connectivity index (χ0n) is 17.8. The Bertz CT molecular complexity index is 1400. The molecule has 4 N–H and O–H groups in total. The van der Waals surface area contributed by atoms with Crippen LogP contribution in [0, 0.1) is 23.3 Å². The van der Waals surface area contributed by atoms with Gasteiger partial charge in [0.05, 0.1) is 11.4 Å². The van der Waals surface area contributed by atoms with E-state index >= 15 is 0 Å². The van der Waals surface area contributed by atoms with Gasteiger partial charge >= 0.3 is 18.5 Å². The maximum atomic E-state index is 14.5. The van der Waals surface area contributed by atoms with E-state index in [9.17, 15) is 57.1 Å². The van der Waals surface area contributed by atoms with Gasteiger partial charge < -0.3 is 20.9 Å². The van der Waals surface area contributed by atoms with E-state index in [-0.39, 0.29) is 18.2 Å². The van der Waals surface area contributed by atoms with Crippen molar-refractivity contribution in [1.82, 2.24) is 0 Å². The molecule has 0 saturated heterocycles. The van der Waals surface area contributed by atoms with Crippen LogP contribution in [0.1, 0.15) is 16.7 Å². The van der Waals surface area contributed by atoms with Gasteiger partial charge in [0.25, 0.3) is 0 Å². The van der Waals surface area contributed by atoms with Crippen molar-refractivity contribution in [2.24, 2.45) is 0 Å². The average molecular weight is 568 g/mol. The van der Waals surface area contributed by atoms with Gasteiger partial charge in [-0.15, -0.1) is 0 Å². The number of benzene rings is 3. The zero-order chi connectivity index (χ0) is 29.0. The normalized spacial score (nSPS) is 12.6. The lowest BCUT2D eigenvalue weighted by Gasteiger charge is -2.21. The number of ether oxygens (including phenoxy) is 2. The zero-order valence-corrected chi connectivity index (χ0v) is 17.8. The Kier molecular flexibility index (Phi) is 7.02. The van der Waals surface area contributed by atoms with Crippen molar-refractivity contribution in [2.75, 3.05) is 11.5 Å². The number of anilines is 2. The summed E-state index contributed by atoms with van der Waals surface area (Å²) in [7, 11) is 0. The minimum atomic E-state index is -5.92. The summed E-state index contributed by atoms with van der Waals surface area (Å²) in [5, 5.41) is 0. The molecule has 0 radical (unpaired) electrons. The highest BCUT2D eigenvalue weighted by Gasteiger charge is 2.44. The topological polar surface area (TPSA) is 70.5 Å². The molecule has 0 amide bonds. The molecule has 0 aliphatic carbocycles. The van der Waals surface area contributed by atoms with Crippen LogP contribution in [0.4, 0.5) is 68.5 Å². The Balaban J connectivity index is 2.31. The first kappa shape index (κ1) is 28.5. The molecule has 3 rings (SSSR count). The maximum Gasteiger partial charge on any atom is 0.422 e. The molecule has 3 aromatic carbocycles. The van der Waals surface area contributed by atoms with E-state index < -0.39 is 92.9 Å². The second-order valence-electron chi connectivity index (χ2n) is 7.26. The van der Waals surface area contributed by atoms with Gasteiger partial charge in [-0.2, -0.15) is 43.9 Å². The SMILES string of the molecule is Nc1ccc(C(F)(F)F)c(Oc2cc(Oc3c(C(F)(F)F)ccc(N)c3F)c(C(F)(F)F)c(F)c2F)c1F. The standard InChI is InChI=1S/C21H9F13N2O2/c22-13-8(35)3-1-6(19(26,27)28)17(13)37-10-5-11(15(24)16(25)12(10)21(32,33)34)38-18-7(20(29,30)31)2-4-9(36)14(18)23/h1-5H,35-36H2. The molecule has 0 aliphatic heterocycles.